The molecule has 6 nitrogen and oxygen atoms in total. The maximum absolute atomic E-state index is 13.3. The number of hydrogen-bond donors (Lipinski definition) is 1. The van der Waals surface area contributed by atoms with Gasteiger partial charge in [0, 0.05) is 43.2 Å². The van der Waals surface area contributed by atoms with Crippen molar-refractivity contribution in [3.63, 3.8) is 0 Å². The lowest BCUT2D eigenvalue weighted by atomic mass is 10.1. The summed E-state index contributed by atoms with van der Waals surface area (Å²) in [6.07, 6.45) is -3.95. The number of hydrogen-bond acceptors (Lipinski definition) is 6. The van der Waals surface area contributed by atoms with E-state index in [1.807, 2.05) is 36.7 Å². The van der Waals surface area contributed by atoms with E-state index in [4.69, 9.17) is 4.74 Å². The van der Waals surface area contributed by atoms with E-state index in [0.717, 1.165) is 23.9 Å². The molecule has 1 aliphatic heterocycles. The highest BCUT2D eigenvalue weighted by Gasteiger charge is 2.35. The minimum atomic E-state index is -4.58. The largest absolute Gasteiger partial charge is 0.485 e. The summed E-state index contributed by atoms with van der Waals surface area (Å²) in [6.45, 7) is 1.41. The number of pyridine rings is 1. The number of amides is 1. The van der Waals surface area contributed by atoms with Gasteiger partial charge in [-0.05, 0) is 49.3 Å². The number of carbonyl (C=O) groups excluding carboxylic acids is 1. The SMILES string of the molecule is CNCCC(Oc1cccc(N2CCN(C)c3nc(C(F)(F)F)ccc3C2=O)c1)c1cccs1. The van der Waals surface area contributed by atoms with Gasteiger partial charge in [-0.1, -0.05) is 12.1 Å². The van der Waals surface area contributed by atoms with Crippen molar-refractivity contribution in [2.24, 2.45) is 0 Å². The molecule has 4 rings (SSSR count). The maximum Gasteiger partial charge on any atom is 0.433 e. The van der Waals surface area contributed by atoms with Gasteiger partial charge < -0.3 is 19.9 Å². The number of carbonyl (C=O) groups is 1. The zero-order chi connectivity index (χ0) is 24.3. The van der Waals surface area contributed by atoms with Crippen LogP contribution in [0.1, 0.15) is 33.5 Å². The normalized spacial score (nSPS) is 15.1. The second-order valence-corrected chi connectivity index (χ2v) is 8.93. The van der Waals surface area contributed by atoms with Crippen LogP contribution in [0.4, 0.5) is 24.7 Å². The van der Waals surface area contributed by atoms with E-state index in [1.54, 1.807) is 40.3 Å². The summed E-state index contributed by atoms with van der Waals surface area (Å²) in [7, 11) is 3.52. The van der Waals surface area contributed by atoms with Crippen LogP contribution < -0.4 is 19.9 Å². The number of ether oxygens (including phenoxy) is 1. The number of nitrogens with one attached hydrogen (secondary N) is 1. The van der Waals surface area contributed by atoms with Gasteiger partial charge in [-0.15, -0.1) is 11.3 Å². The van der Waals surface area contributed by atoms with Crippen LogP contribution in [-0.4, -0.2) is 44.6 Å². The highest BCUT2D eigenvalue weighted by molar-refractivity contribution is 7.10. The lowest BCUT2D eigenvalue weighted by Crippen LogP contribution is -2.33. The Balaban J connectivity index is 1.61. The quantitative estimate of drug-likeness (QED) is 0.506. The van der Waals surface area contributed by atoms with Gasteiger partial charge in [0.2, 0.25) is 0 Å². The van der Waals surface area contributed by atoms with Crippen LogP contribution >= 0.6 is 11.3 Å². The molecule has 0 aliphatic carbocycles. The molecule has 0 saturated carbocycles. The van der Waals surface area contributed by atoms with Gasteiger partial charge in [0.15, 0.2) is 0 Å². The molecule has 0 fully saturated rings. The predicted molar refractivity (Wildman–Crippen MR) is 127 cm³/mol. The molecule has 10 heteroatoms. The zero-order valence-corrected chi connectivity index (χ0v) is 19.6. The van der Waals surface area contributed by atoms with E-state index in [0.29, 0.717) is 24.5 Å². The number of fused-ring (bicyclic) bond motifs is 1. The molecule has 0 bridgehead atoms. The Kier molecular flexibility index (Phi) is 7.08. The lowest BCUT2D eigenvalue weighted by molar-refractivity contribution is -0.141. The van der Waals surface area contributed by atoms with E-state index in [9.17, 15) is 18.0 Å². The van der Waals surface area contributed by atoms with Crippen LogP contribution in [0.15, 0.2) is 53.9 Å². The van der Waals surface area contributed by atoms with Gasteiger partial charge in [-0.25, -0.2) is 4.98 Å². The first kappa shape index (κ1) is 24.0. The molecular weight excluding hydrogens is 465 g/mol. The van der Waals surface area contributed by atoms with Gasteiger partial charge >= 0.3 is 6.18 Å². The fraction of sp³-hybridized carbons (Fsp3) is 0.333. The molecule has 3 aromatic rings. The molecule has 2 aromatic heterocycles. The fourth-order valence-electron chi connectivity index (χ4n) is 3.81. The molecule has 180 valence electrons. The average molecular weight is 491 g/mol. The third-order valence-electron chi connectivity index (χ3n) is 5.59. The predicted octanol–water partition coefficient (Wildman–Crippen LogP) is 4.99. The van der Waals surface area contributed by atoms with Crippen LogP contribution in [-0.2, 0) is 6.18 Å². The molecule has 1 atom stereocenters. The number of rotatable bonds is 7. The zero-order valence-electron chi connectivity index (χ0n) is 18.8. The van der Waals surface area contributed by atoms with Gasteiger partial charge in [0.1, 0.15) is 23.4 Å². The number of anilines is 2. The highest BCUT2D eigenvalue weighted by atomic mass is 32.1. The second-order valence-electron chi connectivity index (χ2n) is 7.96. The van der Waals surface area contributed by atoms with E-state index in [-0.39, 0.29) is 17.5 Å². The Morgan fingerprint density at radius 3 is 2.71 bits per heavy atom. The first-order chi connectivity index (χ1) is 16.3. The van der Waals surface area contributed by atoms with Crippen molar-refractivity contribution >= 4 is 28.7 Å². The topological polar surface area (TPSA) is 57.7 Å². The summed E-state index contributed by atoms with van der Waals surface area (Å²) in [5, 5.41) is 5.14. The first-order valence-corrected chi connectivity index (χ1v) is 11.7. The summed E-state index contributed by atoms with van der Waals surface area (Å²) < 4.78 is 45.8. The van der Waals surface area contributed by atoms with E-state index < -0.39 is 17.8 Å². The minimum Gasteiger partial charge on any atom is -0.485 e. The van der Waals surface area contributed by atoms with Crippen molar-refractivity contribution < 1.29 is 22.7 Å². The standard InChI is InChI=1S/C24H25F3N4O2S/c1-28-11-10-19(20-7-4-14-34-20)33-17-6-3-5-16(15-17)31-13-12-30(2)22-18(23(31)32)8-9-21(29-22)24(25,26)27/h3-9,14-15,19,28H,10-13H2,1-2H3. The number of aromatic nitrogens is 1. The smallest absolute Gasteiger partial charge is 0.433 e. The third kappa shape index (κ3) is 5.18. The van der Waals surface area contributed by atoms with Crippen molar-refractivity contribution in [1.29, 1.82) is 0 Å². The van der Waals surface area contributed by atoms with Gasteiger partial charge in [-0.2, -0.15) is 13.2 Å². The molecular formula is C24H25F3N4O2S. The Morgan fingerprint density at radius 2 is 2.00 bits per heavy atom. The molecule has 0 saturated heterocycles. The summed E-state index contributed by atoms with van der Waals surface area (Å²) in [5.41, 5.74) is -0.275. The number of thiophene rings is 1. The second kappa shape index (κ2) is 10.0. The van der Waals surface area contributed by atoms with Crippen LogP contribution in [0.25, 0.3) is 0 Å². The van der Waals surface area contributed by atoms with E-state index in [2.05, 4.69) is 10.3 Å². The van der Waals surface area contributed by atoms with Crippen molar-refractivity contribution in [2.75, 3.05) is 43.5 Å². The number of nitrogens with zero attached hydrogens (tertiary/aromatic N) is 3. The van der Waals surface area contributed by atoms with Gasteiger partial charge in [0.25, 0.3) is 5.91 Å². The number of halogens is 3. The van der Waals surface area contributed by atoms with E-state index in [1.165, 1.54) is 6.07 Å². The van der Waals surface area contributed by atoms with Crippen LogP contribution in [0.5, 0.6) is 5.75 Å². The third-order valence-corrected chi connectivity index (χ3v) is 6.55. The molecule has 1 aromatic carbocycles. The van der Waals surface area contributed by atoms with Crippen molar-refractivity contribution in [1.82, 2.24) is 10.3 Å². The molecule has 0 spiro atoms. The molecule has 1 unspecified atom stereocenters. The Labute approximate surface area is 200 Å². The fourth-order valence-corrected chi connectivity index (χ4v) is 4.60. The molecule has 1 amide bonds. The first-order valence-electron chi connectivity index (χ1n) is 10.8. The maximum atomic E-state index is 13.3. The summed E-state index contributed by atoms with van der Waals surface area (Å²) in [5.74, 6) is 0.241. The molecule has 1 N–H and O–H groups in total. The molecule has 1 aliphatic rings. The monoisotopic (exact) mass is 490 g/mol. The van der Waals surface area contributed by atoms with E-state index >= 15 is 0 Å². The highest BCUT2D eigenvalue weighted by Crippen LogP contribution is 2.34. The van der Waals surface area contributed by atoms with Crippen molar-refractivity contribution in [3.05, 3.63) is 70.0 Å². The Hall–Kier alpha value is -3.11. The van der Waals surface area contributed by atoms with Gasteiger partial charge in [-0.3, -0.25) is 4.79 Å². The molecule has 0 radical (unpaired) electrons. The van der Waals surface area contributed by atoms with Gasteiger partial charge in [0.05, 0.1) is 5.56 Å². The van der Waals surface area contributed by atoms with Crippen molar-refractivity contribution in [3.8, 4) is 5.75 Å². The number of benzene rings is 1. The van der Waals surface area contributed by atoms with Crippen LogP contribution in [0, 0.1) is 0 Å². The van der Waals surface area contributed by atoms with Crippen LogP contribution in [0.2, 0.25) is 0 Å². The summed E-state index contributed by atoms with van der Waals surface area (Å²) in [4.78, 5) is 21.3. The Morgan fingerprint density at radius 1 is 1.18 bits per heavy atom. The minimum absolute atomic E-state index is 0.0274. The van der Waals surface area contributed by atoms with Crippen LogP contribution in [0.3, 0.4) is 0 Å². The summed E-state index contributed by atoms with van der Waals surface area (Å²) in [6, 6.07) is 13.3. The number of alkyl halides is 3. The average Bonchev–Trinajstić information content (AvgIpc) is 3.32. The number of likely N-dealkylation sites (N-methyl/N-ethyl adjacent to an activating group) is 1. The molecule has 3 heterocycles. The Bertz CT molecular complexity index is 1140. The summed E-state index contributed by atoms with van der Waals surface area (Å²) >= 11 is 1.62. The van der Waals surface area contributed by atoms with Crippen molar-refractivity contribution in [2.45, 2.75) is 18.7 Å². The lowest BCUT2D eigenvalue weighted by Gasteiger charge is -2.23. The molecule has 34 heavy (non-hydrogen) atoms.